The van der Waals surface area contributed by atoms with Gasteiger partial charge in [0.25, 0.3) is 0 Å². The maximum Gasteiger partial charge on any atom is 0.347 e. The third-order valence-corrected chi connectivity index (χ3v) is 5.54. The van der Waals surface area contributed by atoms with E-state index in [0.29, 0.717) is 25.3 Å². The molecule has 7 nitrogen and oxygen atoms in total. The van der Waals surface area contributed by atoms with Crippen LogP contribution in [0.25, 0.3) is 0 Å². The topological polar surface area (TPSA) is 86.3 Å². The van der Waals surface area contributed by atoms with Gasteiger partial charge in [0, 0.05) is 13.0 Å². The predicted octanol–water partition coefficient (Wildman–Crippen LogP) is 4.23. The molecule has 1 heterocycles. The summed E-state index contributed by atoms with van der Waals surface area (Å²) in [5, 5.41) is 13.8. The van der Waals surface area contributed by atoms with Gasteiger partial charge in [-0.2, -0.15) is 5.10 Å². The molecule has 7 heteroatoms. The quantitative estimate of drug-likeness (QED) is 0.472. The lowest BCUT2D eigenvalue weighted by molar-refractivity contribution is -0.152. The number of rotatable bonds is 11. The minimum atomic E-state index is -1.28. The van der Waals surface area contributed by atoms with Gasteiger partial charge in [-0.1, -0.05) is 48.9 Å². The van der Waals surface area contributed by atoms with Gasteiger partial charge in [-0.05, 0) is 63.3 Å². The maximum absolute atomic E-state index is 12.9. The number of carbonyl (C=O) groups is 1. The number of carboxylic acids is 1. The molecule has 0 atom stereocenters. The van der Waals surface area contributed by atoms with Crippen LogP contribution in [0.3, 0.4) is 0 Å². The van der Waals surface area contributed by atoms with E-state index >= 15 is 0 Å². The fraction of sp³-hybridized carbons (Fsp3) is 0.423. The molecule has 3 aromatic rings. The SMILES string of the molecule is CCCn1c(CCCc2ccc(OC(C)(C)C(=O)O)cc2)nn(Cc2cccc(C)c2)c1=O. The molecule has 2 aromatic carbocycles. The lowest BCUT2D eigenvalue weighted by Crippen LogP contribution is -2.37. The third-order valence-electron chi connectivity index (χ3n) is 5.54. The number of carboxylic acid groups (broad SMARTS) is 1. The first kappa shape index (κ1) is 24.3. The first-order valence-electron chi connectivity index (χ1n) is 11.4. The summed E-state index contributed by atoms with van der Waals surface area (Å²) in [4.78, 5) is 24.1. The second-order valence-corrected chi connectivity index (χ2v) is 8.91. The van der Waals surface area contributed by atoms with Crippen molar-refractivity contribution in [2.24, 2.45) is 0 Å². The third kappa shape index (κ3) is 6.34. The van der Waals surface area contributed by atoms with Crippen molar-refractivity contribution >= 4 is 5.97 Å². The smallest absolute Gasteiger partial charge is 0.347 e. The molecular formula is C26H33N3O4. The van der Waals surface area contributed by atoms with Crippen molar-refractivity contribution < 1.29 is 14.6 Å². The minimum absolute atomic E-state index is 0.0593. The average molecular weight is 452 g/mol. The van der Waals surface area contributed by atoms with E-state index in [1.165, 1.54) is 13.8 Å². The van der Waals surface area contributed by atoms with Crippen molar-refractivity contribution in [3.8, 4) is 5.75 Å². The summed E-state index contributed by atoms with van der Waals surface area (Å²) in [6, 6.07) is 15.6. The predicted molar refractivity (Wildman–Crippen MR) is 128 cm³/mol. The molecule has 33 heavy (non-hydrogen) atoms. The molecule has 1 aromatic heterocycles. The molecule has 0 radical (unpaired) electrons. The largest absolute Gasteiger partial charge is 0.478 e. The molecule has 0 amide bonds. The maximum atomic E-state index is 12.9. The number of ether oxygens (including phenoxy) is 1. The zero-order valence-electron chi connectivity index (χ0n) is 19.9. The number of aryl methyl sites for hydroxylation is 3. The van der Waals surface area contributed by atoms with Gasteiger partial charge in [0.05, 0.1) is 6.54 Å². The van der Waals surface area contributed by atoms with E-state index in [1.54, 1.807) is 21.4 Å². The Morgan fingerprint density at radius 3 is 2.45 bits per heavy atom. The normalized spacial score (nSPS) is 11.5. The van der Waals surface area contributed by atoms with Crippen LogP contribution in [-0.2, 0) is 30.7 Å². The Labute approximate surface area is 194 Å². The van der Waals surface area contributed by atoms with E-state index in [2.05, 4.69) is 18.1 Å². The van der Waals surface area contributed by atoms with E-state index in [4.69, 9.17) is 4.74 Å². The first-order valence-corrected chi connectivity index (χ1v) is 11.4. The summed E-state index contributed by atoms with van der Waals surface area (Å²) in [5.41, 5.74) is 2.02. The van der Waals surface area contributed by atoms with Crippen molar-refractivity contribution in [1.29, 1.82) is 0 Å². The Bertz CT molecular complexity index is 1140. The first-order chi connectivity index (χ1) is 15.7. The molecule has 0 aliphatic carbocycles. The van der Waals surface area contributed by atoms with E-state index in [1.807, 2.05) is 37.3 Å². The summed E-state index contributed by atoms with van der Waals surface area (Å²) in [5.74, 6) is 0.335. The van der Waals surface area contributed by atoms with Gasteiger partial charge in [0.2, 0.25) is 0 Å². The molecule has 0 aliphatic rings. The van der Waals surface area contributed by atoms with Gasteiger partial charge < -0.3 is 9.84 Å². The average Bonchev–Trinajstić information content (AvgIpc) is 3.04. The molecule has 0 bridgehead atoms. The van der Waals surface area contributed by atoms with Crippen LogP contribution < -0.4 is 10.4 Å². The standard InChI is InChI=1S/C26H33N3O4/c1-5-16-28-23(27-29(25(28)32)18-21-10-6-8-19(2)17-21)11-7-9-20-12-14-22(15-13-20)33-26(3,4)24(30)31/h6,8,10,12-15,17H,5,7,9,11,16,18H2,1-4H3,(H,30,31). The molecule has 176 valence electrons. The lowest BCUT2D eigenvalue weighted by Gasteiger charge is -2.21. The molecule has 0 saturated carbocycles. The fourth-order valence-electron chi connectivity index (χ4n) is 3.72. The second-order valence-electron chi connectivity index (χ2n) is 8.91. The van der Waals surface area contributed by atoms with Gasteiger partial charge in [0.1, 0.15) is 11.6 Å². The Morgan fingerprint density at radius 2 is 1.82 bits per heavy atom. The summed E-state index contributed by atoms with van der Waals surface area (Å²) in [7, 11) is 0. The van der Waals surface area contributed by atoms with Crippen LogP contribution in [0, 0.1) is 6.92 Å². The number of hydrogen-bond donors (Lipinski definition) is 1. The highest BCUT2D eigenvalue weighted by Crippen LogP contribution is 2.20. The Kier molecular flexibility index (Phi) is 7.74. The van der Waals surface area contributed by atoms with Crippen LogP contribution in [0.2, 0.25) is 0 Å². The van der Waals surface area contributed by atoms with E-state index in [-0.39, 0.29) is 5.69 Å². The van der Waals surface area contributed by atoms with Crippen LogP contribution in [0.5, 0.6) is 5.75 Å². The summed E-state index contributed by atoms with van der Waals surface area (Å²) < 4.78 is 8.91. The molecule has 0 aliphatic heterocycles. The van der Waals surface area contributed by atoms with Gasteiger partial charge in [0.15, 0.2) is 5.60 Å². The van der Waals surface area contributed by atoms with Crippen LogP contribution in [0.1, 0.15) is 56.1 Å². The van der Waals surface area contributed by atoms with E-state index in [0.717, 1.165) is 41.8 Å². The Morgan fingerprint density at radius 1 is 1.09 bits per heavy atom. The van der Waals surface area contributed by atoms with Crippen molar-refractivity contribution in [1.82, 2.24) is 14.3 Å². The van der Waals surface area contributed by atoms with Crippen molar-refractivity contribution in [3.63, 3.8) is 0 Å². The highest BCUT2D eigenvalue weighted by atomic mass is 16.5. The van der Waals surface area contributed by atoms with Crippen LogP contribution in [-0.4, -0.2) is 31.0 Å². The molecule has 3 rings (SSSR count). The number of hydrogen-bond acceptors (Lipinski definition) is 4. The minimum Gasteiger partial charge on any atom is -0.478 e. The van der Waals surface area contributed by atoms with E-state index in [9.17, 15) is 14.7 Å². The molecule has 0 fully saturated rings. The summed E-state index contributed by atoms with van der Waals surface area (Å²) >= 11 is 0. The molecular weight excluding hydrogens is 418 g/mol. The van der Waals surface area contributed by atoms with Crippen molar-refractivity contribution in [2.75, 3.05) is 0 Å². The lowest BCUT2D eigenvalue weighted by atomic mass is 10.1. The van der Waals surface area contributed by atoms with Crippen molar-refractivity contribution in [2.45, 2.75) is 72.1 Å². The van der Waals surface area contributed by atoms with E-state index < -0.39 is 11.6 Å². The van der Waals surface area contributed by atoms with Crippen LogP contribution in [0.15, 0.2) is 53.3 Å². The fourth-order valence-corrected chi connectivity index (χ4v) is 3.72. The molecule has 0 unspecified atom stereocenters. The zero-order valence-corrected chi connectivity index (χ0v) is 19.9. The number of aliphatic carboxylic acids is 1. The molecule has 1 N–H and O–H groups in total. The number of nitrogens with zero attached hydrogens (tertiary/aromatic N) is 3. The monoisotopic (exact) mass is 451 g/mol. The highest BCUT2D eigenvalue weighted by Gasteiger charge is 2.29. The highest BCUT2D eigenvalue weighted by molar-refractivity contribution is 5.76. The Balaban J connectivity index is 1.64. The van der Waals surface area contributed by atoms with Gasteiger partial charge >= 0.3 is 11.7 Å². The molecule has 0 spiro atoms. The second kappa shape index (κ2) is 10.5. The van der Waals surface area contributed by atoms with Crippen LogP contribution >= 0.6 is 0 Å². The summed E-state index contributed by atoms with van der Waals surface area (Å²) in [6.07, 6.45) is 3.26. The number of aromatic nitrogens is 3. The van der Waals surface area contributed by atoms with Crippen molar-refractivity contribution in [3.05, 3.63) is 81.5 Å². The van der Waals surface area contributed by atoms with Gasteiger partial charge in [-0.3, -0.25) is 4.57 Å². The zero-order chi connectivity index (χ0) is 24.0. The van der Waals surface area contributed by atoms with Gasteiger partial charge in [-0.15, -0.1) is 0 Å². The number of benzene rings is 2. The van der Waals surface area contributed by atoms with Crippen LogP contribution in [0.4, 0.5) is 0 Å². The molecule has 0 saturated heterocycles. The van der Waals surface area contributed by atoms with Gasteiger partial charge in [-0.25, -0.2) is 14.3 Å². The summed E-state index contributed by atoms with van der Waals surface area (Å²) in [6.45, 7) is 8.28. The Hall–Kier alpha value is -3.35.